The zero-order chi connectivity index (χ0) is 9.36. The Morgan fingerprint density at radius 3 is 2.54 bits per heavy atom. The van der Waals surface area contributed by atoms with E-state index in [1.807, 2.05) is 0 Å². The van der Waals surface area contributed by atoms with E-state index >= 15 is 0 Å². The average molecular weight is 185 g/mol. The highest BCUT2D eigenvalue weighted by Crippen LogP contribution is 2.24. The summed E-state index contributed by atoms with van der Waals surface area (Å²) in [6.07, 6.45) is 9.17. The van der Waals surface area contributed by atoms with Crippen molar-refractivity contribution in [3.63, 3.8) is 0 Å². The van der Waals surface area contributed by atoms with Crippen LogP contribution in [0.15, 0.2) is 0 Å². The minimum Gasteiger partial charge on any atom is -0.381 e. The van der Waals surface area contributed by atoms with Crippen molar-refractivity contribution < 1.29 is 4.74 Å². The maximum absolute atomic E-state index is 5.62. The van der Waals surface area contributed by atoms with Gasteiger partial charge in [0.15, 0.2) is 0 Å². The molecule has 1 fully saturated rings. The van der Waals surface area contributed by atoms with Crippen molar-refractivity contribution in [2.24, 2.45) is 11.7 Å². The molecule has 2 nitrogen and oxygen atoms in total. The van der Waals surface area contributed by atoms with Crippen LogP contribution in [0.4, 0.5) is 0 Å². The third kappa shape index (κ3) is 5.27. The molecule has 0 aromatic heterocycles. The molecule has 0 radical (unpaired) electrons. The second kappa shape index (κ2) is 7.34. The van der Waals surface area contributed by atoms with Crippen LogP contribution in [0, 0.1) is 5.92 Å². The Hall–Kier alpha value is -0.0800. The molecule has 78 valence electrons. The van der Waals surface area contributed by atoms with Gasteiger partial charge >= 0.3 is 0 Å². The highest BCUT2D eigenvalue weighted by Gasteiger charge is 2.14. The highest BCUT2D eigenvalue weighted by atomic mass is 16.5. The summed E-state index contributed by atoms with van der Waals surface area (Å²) in [4.78, 5) is 0. The van der Waals surface area contributed by atoms with Gasteiger partial charge < -0.3 is 10.5 Å². The largest absolute Gasteiger partial charge is 0.381 e. The van der Waals surface area contributed by atoms with Gasteiger partial charge in [0.05, 0.1) is 0 Å². The average Bonchev–Trinajstić information content (AvgIpc) is 2.63. The van der Waals surface area contributed by atoms with Crippen LogP contribution in [-0.2, 0) is 4.74 Å². The fraction of sp³-hybridized carbons (Fsp3) is 1.00. The number of hydrogen-bond acceptors (Lipinski definition) is 2. The topological polar surface area (TPSA) is 35.2 Å². The van der Waals surface area contributed by atoms with Crippen LogP contribution < -0.4 is 5.73 Å². The Morgan fingerprint density at radius 1 is 1.08 bits per heavy atom. The quantitative estimate of drug-likeness (QED) is 0.618. The monoisotopic (exact) mass is 185 g/mol. The van der Waals surface area contributed by atoms with Gasteiger partial charge in [0, 0.05) is 13.2 Å². The summed E-state index contributed by atoms with van der Waals surface area (Å²) in [6, 6.07) is 0. The maximum Gasteiger partial charge on any atom is 0.0494 e. The van der Waals surface area contributed by atoms with Gasteiger partial charge in [-0.3, -0.25) is 0 Å². The lowest BCUT2D eigenvalue weighted by molar-refractivity contribution is 0.0981. The molecule has 0 aromatic rings. The molecule has 0 saturated heterocycles. The van der Waals surface area contributed by atoms with Crippen molar-refractivity contribution in [3.8, 4) is 0 Å². The minimum absolute atomic E-state index is 0.822. The normalized spacial score (nSPS) is 18.2. The second-order valence-electron chi connectivity index (χ2n) is 4.07. The molecule has 13 heavy (non-hydrogen) atoms. The van der Waals surface area contributed by atoms with Gasteiger partial charge in [-0.25, -0.2) is 0 Å². The lowest BCUT2D eigenvalue weighted by Crippen LogP contribution is -2.06. The van der Waals surface area contributed by atoms with E-state index in [0.717, 1.165) is 32.1 Å². The lowest BCUT2D eigenvalue weighted by atomic mass is 10.1. The lowest BCUT2D eigenvalue weighted by Gasteiger charge is -2.09. The SMILES string of the molecule is NCCCCCOCC1CCCC1. The van der Waals surface area contributed by atoms with Crippen LogP contribution in [0.1, 0.15) is 44.9 Å². The van der Waals surface area contributed by atoms with E-state index in [4.69, 9.17) is 10.5 Å². The van der Waals surface area contributed by atoms with Crippen molar-refractivity contribution in [3.05, 3.63) is 0 Å². The van der Waals surface area contributed by atoms with E-state index < -0.39 is 0 Å². The molecule has 0 spiro atoms. The number of nitrogens with two attached hydrogens (primary N) is 1. The Kier molecular flexibility index (Phi) is 6.21. The first-order valence-corrected chi connectivity index (χ1v) is 5.71. The smallest absolute Gasteiger partial charge is 0.0494 e. The molecule has 0 unspecified atom stereocenters. The number of rotatable bonds is 7. The van der Waals surface area contributed by atoms with E-state index in [1.165, 1.54) is 38.5 Å². The molecule has 1 rings (SSSR count). The van der Waals surface area contributed by atoms with Gasteiger partial charge in [-0.1, -0.05) is 12.8 Å². The molecule has 0 bridgehead atoms. The first-order valence-electron chi connectivity index (χ1n) is 5.71. The third-order valence-corrected chi connectivity index (χ3v) is 2.82. The molecular formula is C11H23NO. The van der Waals surface area contributed by atoms with Crippen molar-refractivity contribution >= 4 is 0 Å². The molecular weight excluding hydrogens is 162 g/mol. The molecule has 0 aliphatic heterocycles. The first kappa shape index (κ1) is 11.0. The first-order chi connectivity index (χ1) is 6.43. The zero-order valence-electron chi connectivity index (χ0n) is 8.63. The van der Waals surface area contributed by atoms with Crippen molar-refractivity contribution in [1.82, 2.24) is 0 Å². The van der Waals surface area contributed by atoms with Gasteiger partial charge in [-0.15, -0.1) is 0 Å². The predicted octanol–water partition coefficient (Wildman–Crippen LogP) is 2.32. The number of hydrogen-bond donors (Lipinski definition) is 1. The number of ether oxygens (including phenoxy) is 1. The van der Waals surface area contributed by atoms with Gasteiger partial charge in [0.1, 0.15) is 0 Å². The van der Waals surface area contributed by atoms with Crippen LogP contribution in [0.5, 0.6) is 0 Å². The van der Waals surface area contributed by atoms with Crippen molar-refractivity contribution in [2.45, 2.75) is 44.9 Å². The van der Waals surface area contributed by atoms with E-state index in [2.05, 4.69) is 0 Å². The molecule has 2 N–H and O–H groups in total. The van der Waals surface area contributed by atoms with Gasteiger partial charge in [-0.05, 0) is 44.6 Å². The summed E-state index contributed by atoms with van der Waals surface area (Å²) in [5.41, 5.74) is 5.40. The van der Waals surface area contributed by atoms with Crippen LogP contribution in [0.25, 0.3) is 0 Å². The molecule has 2 heteroatoms. The summed E-state index contributed by atoms with van der Waals surface area (Å²) in [5, 5.41) is 0. The van der Waals surface area contributed by atoms with Crippen molar-refractivity contribution in [1.29, 1.82) is 0 Å². The summed E-state index contributed by atoms with van der Waals surface area (Å²) >= 11 is 0. The zero-order valence-corrected chi connectivity index (χ0v) is 8.63. The summed E-state index contributed by atoms with van der Waals surface area (Å²) in [6.45, 7) is 2.77. The standard InChI is InChI=1S/C11H23NO/c12-8-4-1-5-9-13-10-11-6-2-3-7-11/h11H,1-10,12H2. The predicted molar refractivity (Wildman–Crippen MR) is 55.7 cm³/mol. The molecule has 0 atom stereocenters. The van der Waals surface area contributed by atoms with E-state index in [-0.39, 0.29) is 0 Å². The van der Waals surface area contributed by atoms with E-state index in [1.54, 1.807) is 0 Å². The van der Waals surface area contributed by atoms with Crippen LogP contribution >= 0.6 is 0 Å². The van der Waals surface area contributed by atoms with E-state index in [0.29, 0.717) is 0 Å². The van der Waals surface area contributed by atoms with Gasteiger partial charge in [0.2, 0.25) is 0 Å². The van der Waals surface area contributed by atoms with Crippen LogP contribution in [0.2, 0.25) is 0 Å². The van der Waals surface area contributed by atoms with Crippen molar-refractivity contribution in [2.75, 3.05) is 19.8 Å². The summed E-state index contributed by atoms with van der Waals surface area (Å²) in [5.74, 6) is 0.870. The fourth-order valence-corrected chi connectivity index (χ4v) is 1.95. The molecule has 0 heterocycles. The Morgan fingerprint density at radius 2 is 1.85 bits per heavy atom. The van der Waals surface area contributed by atoms with E-state index in [9.17, 15) is 0 Å². The summed E-state index contributed by atoms with van der Waals surface area (Å²) < 4.78 is 5.62. The highest BCUT2D eigenvalue weighted by molar-refractivity contribution is 4.66. The molecule has 0 amide bonds. The Bertz CT molecular complexity index is 111. The van der Waals surface area contributed by atoms with Crippen LogP contribution in [-0.4, -0.2) is 19.8 Å². The Labute approximate surface area is 81.8 Å². The second-order valence-corrected chi connectivity index (χ2v) is 4.07. The van der Waals surface area contributed by atoms with Gasteiger partial charge in [-0.2, -0.15) is 0 Å². The third-order valence-electron chi connectivity index (χ3n) is 2.82. The summed E-state index contributed by atoms with van der Waals surface area (Å²) in [7, 11) is 0. The molecule has 0 aromatic carbocycles. The van der Waals surface area contributed by atoms with Gasteiger partial charge in [0.25, 0.3) is 0 Å². The molecule has 1 aliphatic rings. The molecule has 1 aliphatic carbocycles. The Balaban J connectivity index is 1.78. The number of unbranched alkanes of at least 4 members (excludes halogenated alkanes) is 2. The van der Waals surface area contributed by atoms with Crippen LogP contribution in [0.3, 0.4) is 0 Å². The molecule has 1 saturated carbocycles. The maximum atomic E-state index is 5.62. The minimum atomic E-state index is 0.822. The fourth-order valence-electron chi connectivity index (χ4n) is 1.95.